The number of halogens is 1. The first-order valence-corrected chi connectivity index (χ1v) is 4.87. The number of nitrogens with zero attached hydrogens (tertiary/aromatic N) is 2. The number of nitro groups is 1. The number of hydrogen-bond donors (Lipinski definition) is 2. The van der Waals surface area contributed by atoms with Crippen LogP contribution in [0.4, 0.5) is 10.5 Å². The molecule has 0 aliphatic heterocycles. The van der Waals surface area contributed by atoms with E-state index in [0.29, 0.717) is 0 Å². The minimum Gasteiger partial charge on any atom is -0.502 e. The Kier molecular flexibility index (Phi) is 4.44. The number of hydrazone groups is 1. The molecule has 0 radical (unpaired) electrons. The predicted molar refractivity (Wildman–Crippen MR) is 62.9 cm³/mol. The minimum atomic E-state index is -0.817. The van der Waals surface area contributed by atoms with Crippen LogP contribution in [0.2, 0.25) is 5.02 Å². The van der Waals surface area contributed by atoms with Gasteiger partial charge in [0.15, 0.2) is 0 Å². The summed E-state index contributed by atoms with van der Waals surface area (Å²) in [7, 11) is 1.15. The zero-order chi connectivity index (χ0) is 13.7. The summed E-state index contributed by atoms with van der Waals surface area (Å²) in [6.45, 7) is 0. The standard InChI is InChI=1S/C9H8ClN3O5/c1-18-9(15)12-11-4-5-2-6(10)3-7(8(5)14)13(16)17/h2-4,14H,1H3,(H,12,15)/b11-4+. The average Bonchev–Trinajstić information content (AvgIpc) is 2.32. The van der Waals surface area contributed by atoms with Gasteiger partial charge in [0.1, 0.15) is 0 Å². The van der Waals surface area contributed by atoms with Crippen molar-refractivity contribution < 1.29 is 19.6 Å². The summed E-state index contributed by atoms with van der Waals surface area (Å²) >= 11 is 5.65. The molecule has 18 heavy (non-hydrogen) atoms. The monoisotopic (exact) mass is 273 g/mol. The fraction of sp³-hybridized carbons (Fsp3) is 0.111. The first-order valence-electron chi connectivity index (χ1n) is 4.49. The largest absolute Gasteiger partial charge is 0.502 e. The molecule has 1 aromatic rings. The zero-order valence-corrected chi connectivity index (χ0v) is 9.84. The number of rotatable bonds is 3. The molecule has 0 unspecified atom stereocenters. The number of amides is 1. The lowest BCUT2D eigenvalue weighted by Crippen LogP contribution is -2.16. The highest BCUT2D eigenvalue weighted by Crippen LogP contribution is 2.32. The summed E-state index contributed by atoms with van der Waals surface area (Å²) in [6.07, 6.45) is 0.188. The molecule has 0 aliphatic carbocycles. The molecular weight excluding hydrogens is 266 g/mol. The number of aromatic hydroxyl groups is 1. The second-order valence-corrected chi connectivity index (χ2v) is 3.42. The predicted octanol–water partition coefficient (Wildman–Crippen LogP) is 1.64. The van der Waals surface area contributed by atoms with E-state index in [1.165, 1.54) is 6.07 Å². The molecule has 0 fully saturated rings. The van der Waals surface area contributed by atoms with Crippen LogP contribution in [-0.4, -0.2) is 29.4 Å². The first-order chi connectivity index (χ1) is 8.45. The molecular formula is C9H8ClN3O5. The van der Waals surface area contributed by atoms with E-state index < -0.39 is 22.5 Å². The van der Waals surface area contributed by atoms with E-state index in [1.807, 2.05) is 5.43 Å². The summed E-state index contributed by atoms with van der Waals surface area (Å²) in [4.78, 5) is 20.5. The van der Waals surface area contributed by atoms with Crippen LogP contribution in [0, 0.1) is 10.1 Å². The molecule has 0 bridgehead atoms. The van der Waals surface area contributed by atoms with Crippen LogP contribution < -0.4 is 5.43 Å². The summed E-state index contributed by atoms with van der Waals surface area (Å²) in [5, 5.41) is 23.7. The van der Waals surface area contributed by atoms with Gasteiger partial charge in [0, 0.05) is 16.7 Å². The molecule has 0 saturated heterocycles. The molecule has 1 amide bonds. The summed E-state index contributed by atoms with van der Waals surface area (Å²) in [5.74, 6) is -0.597. The minimum absolute atomic E-state index is 0.00870. The van der Waals surface area contributed by atoms with Crippen LogP contribution in [0.5, 0.6) is 5.75 Å². The van der Waals surface area contributed by atoms with Gasteiger partial charge in [0.05, 0.1) is 18.2 Å². The molecule has 96 valence electrons. The Morgan fingerprint density at radius 3 is 2.89 bits per heavy atom. The quantitative estimate of drug-likeness (QED) is 0.493. The normalized spacial score (nSPS) is 10.3. The third-order valence-electron chi connectivity index (χ3n) is 1.83. The maximum absolute atomic E-state index is 10.7. The highest BCUT2D eigenvalue weighted by Gasteiger charge is 2.17. The van der Waals surface area contributed by atoms with Gasteiger partial charge in [-0.15, -0.1) is 0 Å². The lowest BCUT2D eigenvalue weighted by molar-refractivity contribution is -0.385. The van der Waals surface area contributed by atoms with Crippen molar-refractivity contribution in [3.63, 3.8) is 0 Å². The summed E-state index contributed by atoms with van der Waals surface area (Å²) in [6, 6.07) is 2.26. The van der Waals surface area contributed by atoms with Crippen molar-refractivity contribution >= 4 is 29.6 Å². The number of phenols is 1. The van der Waals surface area contributed by atoms with Gasteiger partial charge in [-0.2, -0.15) is 5.10 Å². The zero-order valence-electron chi connectivity index (χ0n) is 9.08. The molecule has 2 N–H and O–H groups in total. The maximum atomic E-state index is 10.7. The Balaban J connectivity index is 3.02. The maximum Gasteiger partial charge on any atom is 0.427 e. The van der Waals surface area contributed by atoms with E-state index in [2.05, 4.69) is 9.84 Å². The van der Waals surface area contributed by atoms with E-state index in [4.69, 9.17) is 11.6 Å². The first kappa shape index (κ1) is 13.7. The molecule has 0 aromatic heterocycles. The number of phenolic OH excluding ortho intramolecular Hbond substituents is 1. The van der Waals surface area contributed by atoms with Gasteiger partial charge < -0.3 is 9.84 Å². The lowest BCUT2D eigenvalue weighted by atomic mass is 10.2. The molecule has 1 rings (SSSR count). The third kappa shape index (κ3) is 3.32. The van der Waals surface area contributed by atoms with Crippen molar-refractivity contribution in [1.82, 2.24) is 5.43 Å². The lowest BCUT2D eigenvalue weighted by Gasteiger charge is -2.01. The van der Waals surface area contributed by atoms with E-state index in [0.717, 1.165) is 19.4 Å². The van der Waals surface area contributed by atoms with E-state index in [-0.39, 0.29) is 10.6 Å². The highest BCUT2D eigenvalue weighted by atomic mass is 35.5. The van der Waals surface area contributed by atoms with Gasteiger partial charge in [0.25, 0.3) is 0 Å². The average molecular weight is 274 g/mol. The van der Waals surface area contributed by atoms with Crippen LogP contribution in [0.25, 0.3) is 0 Å². The van der Waals surface area contributed by atoms with E-state index in [9.17, 15) is 20.0 Å². The Morgan fingerprint density at radius 2 is 2.33 bits per heavy atom. The highest BCUT2D eigenvalue weighted by molar-refractivity contribution is 6.31. The topological polar surface area (TPSA) is 114 Å². The molecule has 0 heterocycles. The van der Waals surface area contributed by atoms with Crippen molar-refractivity contribution in [2.75, 3.05) is 7.11 Å². The molecule has 1 aromatic carbocycles. The number of nitrogens with one attached hydrogen (secondary N) is 1. The molecule has 8 nitrogen and oxygen atoms in total. The Bertz CT molecular complexity index is 517. The van der Waals surface area contributed by atoms with Crippen molar-refractivity contribution in [3.8, 4) is 5.75 Å². The van der Waals surface area contributed by atoms with Crippen molar-refractivity contribution in [2.24, 2.45) is 5.10 Å². The molecule has 0 spiro atoms. The number of benzene rings is 1. The molecule has 0 aliphatic rings. The van der Waals surface area contributed by atoms with Crippen molar-refractivity contribution in [3.05, 3.63) is 32.8 Å². The van der Waals surface area contributed by atoms with Crippen LogP contribution in [0.1, 0.15) is 5.56 Å². The summed E-state index contributed by atoms with van der Waals surface area (Å²) < 4.78 is 4.24. The van der Waals surface area contributed by atoms with Gasteiger partial charge in [0.2, 0.25) is 5.75 Å². The van der Waals surface area contributed by atoms with E-state index >= 15 is 0 Å². The van der Waals surface area contributed by atoms with E-state index in [1.54, 1.807) is 0 Å². The number of carbonyl (C=O) groups is 1. The fourth-order valence-electron chi connectivity index (χ4n) is 1.04. The molecule has 0 saturated carbocycles. The molecule has 0 atom stereocenters. The van der Waals surface area contributed by atoms with Gasteiger partial charge in [-0.1, -0.05) is 11.6 Å². The second kappa shape index (κ2) is 5.82. The van der Waals surface area contributed by atoms with Crippen LogP contribution >= 0.6 is 11.6 Å². The molecule has 9 heteroatoms. The van der Waals surface area contributed by atoms with Gasteiger partial charge in [-0.3, -0.25) is 10.1 Å². The third-order valence-corrected chi connectivity index (χ3v) is 2.04. The number of hydrogen-bond acceptors (Lipinski definition) is 6. The van der Waals surface area contributed by atoms with Crippen LogP contribution in [0.15, 0.2) is 17.2 Å². The number of ether oxygens (including phenoxy) is 1. The number of methoxy groups -OCH3 is 1. The van der Waals surface area contributed by atoms with Crippen molar-refractivity contribution in [1.29, 1.82) is 0 Å². The second-order valence-electron chi connectivity index (χ2n) is 2.98. The van der Waals surface area contributed by atoms with Crippen molar-refractivity contribution in [2.45, 2.75) is 0 Å². The SMILES string of the molecule is COC(=O)N/N=C/c1cc(Cl)cc([N+](=O)[O-])c1O. The number of carbonyl (C=O) groups excluding carboxylic acids is 1. The summed E-state index contributed by atoms with van der Waals surface area (Å²) in [5.41, 5.74) is 1.40. The Morgan fingerprint density at radius 1 is 1.67 bits per heavy atom. The van der Waals surface area contributed by atoms with Gasteiger partial charge in [-0.25, -0.2) is 10.2 Å². The van der Waals surface area contributed by atoms with Crippen LogP contribution in [-0.2, 0) is 4.74 Å². The fourth-order valence-corrected chi connectivity index (χ4v) is 1.26. The van der Waals surface area contributed by atoms with Crippen LogP contribution in [0.3, 0.4) is 0 Å². The Labute approximate surface area is 106 Å². The number of nitro benzene ring substituents is 1. The van der Waals surface area contributed by atoms with Gasteiger partial charge in [-0.05, 0) is 6.07 Å². The Hall–Kier alpha value is -2.35. The van der Waals surface area contributed by atoms with Gasteiger partial charge >= 0.3 is 11.8 Å². The smallest absolute Gasteiger partial charge is 0.427 e.